The number of fused-ring (bicyclic) bond motifs is 2. The van der Waals surface area contributed by atoms with Gasteiger partial charge in [-0.05, 0) is 43.7 Å². The van der Waals surface area contributed by atoms with Crippen molar-refractivity contribution >= 4 is 34.3 Å². The van der Waals surface area contributed by atoms with Crippen LogP contribution >= 0.6 is 11.3 Å². The molecule has 184 valence electrons. The van der Waals surface area contributed by atoms with Crippen LogP contribution in [0.15, 0.2) is 69.7 Å². The number of hydrogen-bond donors (Lipinski definition) is 1. The van der Waals surface area contributed by atoms with Crippen LogP contribution in [0.2, 0.25) is 0 Å². The zero-order chi connectivity index (χ0) is 25.4. The van der Waals surface area contributed by atoms with Gasteiger partial charge in [0, 0.05) is 22.7 Å². The quantitative estimate of drug-likeness (QED) is 0.408. The number of rotatable bonds is 6. The molecule has 4 aromatic rings. The Hall–Kier alpha value is -4.11. The van der Waals surface area contributed by atoms with E-state index in [4.69, 9.17) is 14.2 Å². The molecule has 1 aliphatic rings. The highest BCUT2D eigenvalue weighted by atomic mass is 32.1. The summed E-state index contributed by atoms with van der Waals surface area (Å²) >= 11 is 1.29. The Morgan fingerprint density at radius 3 is 2.69 bits per heavy atom. The number of aromatic amines is 1. The number of aromatic nitrogens is 2. The first-order valence-corrected chi connectivity index (χ1v) is 12.3. The zero-order valence-corrected chi connectivity index (χ0v) is 21.1. The summed E-state index contributed by atoms with van der Waals surface area (Å²) in [6.45, 7) is 3.71. The molecule has 0 aliphatic carbocycles. The number of allylic oxidation sites excluding steroid dienone is 1. The average Bonchev–Trinajstić information content (AvgIpc) is 3.43. The van der Waals surface area contributed by atoms with E-state index in [1.54, 1.807) is 44.8 Å². The maximum atomic E-state index is 13.8. The lowest BCUT2D eigenvalue weighted by Gasteiger charge is -2.25. The lowest BCUT2D eigenvalue weighted by atomic mass is 9.95. The Kier molecular flexibility index (Phi) is 6.24. The molecule has 2 aromatic heterocycles. The monoisotopic (exact) mass is 503 g/mol. The Morgan fingerprint density at radius 2 is 1.94 bits per heavy atom. The van der Waals surface area contributed by atoms with Gasteiger partial charge in [0.2, 0.25) is 0 Å². The van der Waals surface area contributed by atoms with Crippen molar-refractivity contribution in [2.24, 2.45) is 4.99 Å². The van der Waals surface area contributed by atoms with Crippen LogP contribution in [0.1, 0.15) is 31.0 Å². The predicted molar refractivity (Wildman–Crippen MR) is 138 cm³/mol. The van der Waals surface area contributed by atoms with Gasteiger partial charge in [0.05, 0.1) is 42.7 Å². The van der Waals surface area contributed by atoms with Crippen LogP contribution in [0.5, 0.6) is 11.5 Å². The number of carbonyl (C=O) groups is 1. The number of carbonyl (C=O) groups excluding carboxylic acids is 1. The van der Waals surface area contributed by atoms with Crippen molar-refractivity contribution in [2.45, 2.75) is 19.9 Å². The van der Waals surface area contributed by atoms with E-state index in [0.717, 1.165) is 16.5 Å². The number of esters is 1. The topological polar surface area (TPSA) is 94.9 Å². The van der Waals surface area contributed by atoms with Crippen LogP contribution in [0, 0.1) is 0 Å². The van der Waals surface area contributed by atoms with Gasteiger partial charge in [-0.15, -0.1) is 0 Å². The average molecular weight is 504 g/mol. The van der Waals surface area contributed by atoms with Crippen molar-refractivity contribution in [2.75, 3.05) is 20.8 Å². The van der Waals surface area contributed by atoms with Gasteiger partial charge in [-0.2, -0.15) is 0 Å². The Balaban J connectivity index is 1.75. The molecular formula is C27H25N3O5S. The standard InChI is InChI=1S/C27H25N3O5S/c1-5-35-26(32)23-15(2)29-27-30(24(23)16-10-11-20(33-3)21(12-16)34-4)25(31)22(36-27)13-17-14-28-19-9-7-6-8-18(17)19/h6-14,24,28H,5H2,1-4H3. The van der Waals surface area contributed by atoms with Crippen LogP contribution in [0.25, 0.3) is 17.0 Å². The van der Waals surface area contributed by atoms with E-state index in [1.807, 2.05) is 42.6 Å². The Labute approximate surface area is 210 Å². The van der Waals surface area contributed by atoms with Crippen molar-refractivity contribution in [1.82, 2.24) is 9.55 Å². The molecule has 1 atom stereocenters. The highest BCUT2D eigenvalue weighted by Gasteiger charge is 2.34. The number of nitrogens with zero attached hydrogens (tertiary/aromatic N) is 2. The second-order valence-corrected chi connectivity index (χ2v) is 9.22. The van der Waals surface area contributed by atoms with Gasteiger partial charge in [0.1, 0.15) is 0 Å². The van der Waals surface area contributed by atoms with Crippen molar-refractivity contribution in [3.8, 4) is 11.5 Å². The highest BCUT2D eigenvalue weighted by molar-refractivity contribution is 7.07. The first-order valence-electron chi connectivity index (χ1n) is 11.4. The van der Waals surface area contributed by atoms with E-state index >= 15 is 0 Å². The summed E-state index contributed by atoms with van der Waals surface area (Å²) in [5.74, 6) is 0.532. The van der Waals surface area contributed by atoms with Crippen molar-refractivity contribution in [3.63, 3.8) is 0 Å². The van der Waals surface area contributed by atoms with Gasteiger partial charge in [-0.1, -0.05) is 35.6 Å². The summed E-state index contributed by atoms with van der Waals surface area (Å²) < 4.78 is 18.3. The maximum absolute atomic E-state index is 13.8. The molecular weight excluding hydrogens is 478 g/mol. The fourth-order valence-corrected chi connectivity index (χ4v) is 5.52. The molecule has 0 saturated heterocycles. The highest BCUT2D eigenvalue weighted by Crippen LogP contribution is 2.36. The molecule has 36 heavy (non-hydrogen) atoms. The van der Waals surface area contributed by atoms with E-state index in [-0.39, 0.29) is 12.2 Å². The number of nitrogens with one attached hydrogen (secondary N) is 1. The molecule has 1 N–H and O–H groups in total. The molecule has 5 rings (SSSR count). The van der Waals surface area contributed by atoms with Gasteiger partial charge in [0.25, 0.3) is 5.56 Å². The minimum Gasteiger partial charge on any atom is -0.493 e. The number of para-hydroxylation sites is 1. The smallest absolute Gasteiger partial charge is 0.338 e. The SMILES string of the molecule is CCOC(=O)C1=C(C)N=c2sc(=Cc3c[nH]c4ccccc34)c(=O)n2C1c1ccc(OC)c(OC)c1. The van der Waals surface area contributed by atoms with Gasteiger partial charge in [-0.3, -0.25) is 9.36 Å². The van der Waals surface area contributed by atoms with Gasteiger partial charge in [-0.25, -0.2) is 9.79 Å². The van der Waals surface area contributed by atoms with Crippen LogP contribution in [-0.4, -0.2) is 36.3 Å². The molecule has 1 unspecified atom stereocenters. The van der Waals surface area contributed by atoms with Crippen LogP contribution in [-0.2, 0) is 9.53 Å². The molecule has 9 heteroatoms. The maximum Gasteiger partial charge on any atom is 0.338 e. The minimum absolute atomic E-state index is 0.208. The fourth-order valence-electron chi connectivity index (χ4n) is 4.48. The molecule has 3 heterocycles. The molecule has 1 aliphatic heterocycles. The fraction of sp³-hybridized carbons (Fsp3) is 0.222. The summed E-state index contributed by atoms with van der Waals surface area (Å²) in [4.78, 5) is 35.3. The van der Waals surface area contributed by atoms with Crippen molar-refractivity contribution in [1.29, 1.82) is 0 Å². The van der Waals surface area contributed by atoms with Crippen molar-refractivity contribution < 1.29 is 19.0 Å². The first kappa shape index (κ1) is 23.6. The normalized spacial score (nSPS) is 15.6. The summed E-state index contributed by atoms with van der Waals surface area (Å²) in [5.41, 5.74) is 3.16. The zero-order valence-electron chi connectivity index (χ0n) is 20.3. The Bertz CT molecular complexity index is 1690. The van der Waals surface area contributed by atoms with Gasteiger partial charge in [0.15, 0.2) is 16.3 Å². The van der Waals surface area contributed by atoms with Crippen molar-refractivity contribution in [3.05, 3.63) is 90.7 Å². The van der Waals surface area contributed by atoms with E-state index in [9.17, 15) is 9.59 Å². The summed E-state index contributed by atoms with van der Waals surface area (Å²) in [6.07, 6.45) is 3.74. The second-order valence-electron chi connectivity index (χ2n) is 8.21. The largest absolute Gasteiger partial charge is 0.493 e. The molecule has 0 spiro atoms. The number of methoxy groups -OCH3 is 2. The lowest BCUT2D eigenvalue weighted by Crippen LogP contribution is -2.39. The van der Waals surface area contributed by atoms with Gasteiger partial charge >= 0.3 is 5.97 Å². The molecule has 0 fully saturated rings. The van der Waals surface area contributed by atoms with E-state index < -0.39 is 12.0 Å². The Morgan fingerprint density at radius 1 is 1.17 bits per heavy atom. The number of hydrogen-bond acceptors (Lipinski definition) is 7. The molecule has 2 aromatic carbocycles. The molecule has 0 bridgehead atoms. The third-order valence-electron chi connectivity index (χ3n) is 6.15. The number of H-pyrrole nitrogens is 1. The summed E-state index contributed by atoms with van der Waals surface area (Å²) in [7, 11) is 3.10. The molecule has 8 nitrogen and oxygen atoms in total. The molecule has 0 radical (unpaired) electrons. The van der Waals surface area contributed by atoms with Gasteiger partial charge < -0.3 is 19.2 Å². The third kappa shape index (κ3) is 3.91. The predicted octanol–water partition coefficient (Wildman–Crippen LogP) is 3.30. The van der Waals surface area contributed by atoms with E-state index in [2.05, 4.69) is 9.98 Å². The lowest BCUT2D eigenvalue weighted by molar-refractivity contribution is -0.139. The second kappa shape index (κ2) is 9.50. The van der Waals surface area contributed by atoms with E-state index in [1.165, 1.54) is 11.3 Å². The van der Waals surface area contributed by atoms with Crippen LogP contribution < -0.4 is 24.4 Å². The van der Waals surface area contributed by atoms with E-state index in [0.29, 0.717) is 37.7 Å². The molecule has 0 saturated carbocycles. The number of benzene rings is 2. The number of ether oxygens (including phenoxy) is 3. The third-order valence-corrected chi connectivity index (χ3v) is 7.13. The molecule has 0 amide bonds. The summed E-state index contributed by atoms with van der Waals surface area (Å²) in [6, 6.07) is 12.5. The summed E-state index contributed by atoms with van der Waals surface area (Å²) in [5, 5.41) is 1.02. The first-order chi connectivity index (χ1) is 17.5. The van der Waals surface area contributed by atoms with Crippen LogP contribution in [0.3, 0.4) is 0 Å². The van der Waals surface area contributed by atoms with Crippen LogP contribution in [0.4, 0.5) is 0 Å². The minimum atomic E-state index is -0.731. The number of thiazole rings is 1.